The van der Waals surface area contributed by atoms with Crippen molar-refractivity contribution in [3.05, 3.63) is 42.0 Å². The zero-order valence-corrected chi connectivity index (χ0v) is 13.4. The van der Waals surface area contributed by atoms with Crippen LogP contribution in [0, 0.1) is 24.7 Å². The van der Waals surface area contributed by atoms with Crippen molar-refractivity contribution in [3.8, 4) is 0 Å². The number of fused-ring (bicyclic) bond motifs is 2. The largest absolute Gasteiger partial charge is 0.299 e. The van der Waals surface area contributed by atoms with Gasteiger partial charge in [0.1, 0.15) is 5.78 Å². The Morgan fingerprint density at radius 1 is 1.19 bits per heavy atom. The van der Waals surface area contributed by atoms with E-state index in [0.717, 1.165) is 17.7 Å². The standard InChI is InChI=1S/C18H22O2S/c1-3-4-16(19)17-13-7-8-14(11-13)18(17)21(20)15-9-5-12(2)6-10-15/h5-10,13-14,17-18H,3-4,11H2,1-2H3/t13-,14+,17-,18+,21?/m1/s1. The number of allylic oxidation sites excluding steroid dienone is 2. The fourth-order valence-corrected chi connectivity index (χ4v) is 5.59. The summed E-state index contributed by atoms with van der Waals surface area (Å²) in [5, 5.41) is -0.0262. The van der Waals surface area contributed by atoms with Gasteiger partial charge in [0.25, 0.3) is 0 Å². The van der Waals surface area contributed by atoms with Gasteiger partial charge in [-0.05, 0) is 43.7 Å². The molecule has 0 amide bonds. The Kier molecular flexibility index (Phi) is 4.12. The molecule has 2 aliphatic rings. The molecule has 1 unspecified atom stereocenters. The minimum absolute atomic E-state index is 0.0262. The average molecular weight is 302 g/mol. The highest BCUT2D eigenvalue weighted by atomic mass is 32.2. The van der Waals surface area contributed by atoms with E-state index in [-0.39, 0.29) is 11.2 Å². The van der Waals surface area contributed by atoms with Crippen LogP contribution in [0.3, 0.4) is 0 Å². The quantitative estimate of drug-likeness (QED) is 0.778. The maximum absolute atomic E-state index is 13.0. The number of carbonyl (C=O) groups is 1. The SMILES string of the molecule is CCCC(=O)[C@@H]1[C@@H](S(=O)c2ccc(C)cc2)[C@H]2C=C[C@@H]1C2. The van der Waals surface area contributed by atoms with Gasteiger partial charge in [-0.2, -0.15) is 0 Å². The molecule has 0 radical (unpaired) electrons. The predicted octanol–water partition coefficient (Wildman–Crippen LogP) is 3.66. The van der Waals surface area contributed by atoms with Crippen molar-refractivity contribution in [1.82, 2.24) is 0 Å². The average Bonchev–Trinajstić information content (AvgIpc) is 3.08. The van der Waals surface area contributed by atoms with Gasteiger partial charge in [-0.3, -0.25) is 9.00 Å². The van der Waals surface area contributed by atoms with E-state index in [2.05, 4.69) is 12.2 Å². The normalized spacial score (nSPS) is 31.5. The van der Waals surface area contributed by atoms with Gasteiger partial charge in [0.2, 0.25) is 0 Å². The third-order valence-electron chi connectivity index (χ3n) is 4.76. The first-order chi connectivity index (χ1) is 10.1. The van der Waals surface area contributed by atoms with Crippen molar-refractivity contribution in [1.29, 1.82) is 0 Å². The maximum Gasteiger partial charge on any atom is 0.137 e. The van der Waals surface area contributed by atoms with Crippen LogP contribution in [0.5, 0.6) is 0 Å². The van der Waals surface area contributed by atoms with E-state index >= 15 is 0 Å². The van der Waals surface area contributed by atoms with Gasteiger partial charge in [0, 0.05) is 17.2 Å². The topological polar surface area (TPSA) is 34.1 Å². The lowest BCUT2D eigenvalue weighted by molar-refractivity contribution is -0.123. The van der Waals surface area contributed by atoms with E-state index in [1.165, 1.54) is 5.56 Å². The summed E-state index contributed by atoms with van der Waals surface area (Å²) in [6.07, 6.45) is 6.84. The number of benzene rings is 1. The summed E-state index contributed by atoms with van der Waals surface area (Å²) in [5.74, 6) is 0.887. The summed E-state index contributed by atoms with van der Waals surface area (Å²) in [7, 11) is -1.09. The number of rotatable bonds is 5. The molecule has 1 aromatic rings. The van der Waals surface area contributed by atoms with E-state index < -0.39 is 10.8 Å². The molecule has 2 bridgehead atoms. The molecule has 2 nitrogen and oxygen atoms in total. The van der Waals surface area contributed by atoms with Crippen LogP contribution >= 0.6 is 0 Å². The third kappa shape index (κ3) is 2.64. The van der Waals surface area contributed by atoms with Gasteiger partial charge in [-0.1, -0.05) is 36.8 Å². The molecule has 0 N–H and O–H groups in total. The van der Waals surface area contributed by atoms with Crippen molar-refractivity contribution in [3.63, 3.8) is 0 Å². The van der Waals surface area contributed by atoms with E-state index in [9.17, 15) is 9.00 Å². The van der Waals surface area contributed by atoms with Crippen molar-refractivity contribution < 1.29 is 9.00 Å². The number of hydrogen-bond donors (Lipinski definition) is 0. The van der Waals surface area contributed by atoms with Crippen molar-refractivity contribution in [2.24, 2.45) is 17.8 Å². The van der Waals surface area contributed by atoms with Crippen LogP contribution in [0.1, 0.15) is 31.7 Å². The zero-order chi connectivity index (χ0) is 15.0. The number of Topliss-reactive ketones (excluding diaryl/α,β-unsaturated/α-hetero) is 1. The molecule has 112 valence electrons. The molecule has 21 heavy (non-hydrogen) atoms. The second-order valence-electron chi connectivity index (χ2n) is 6.27. The minimum Gasteiger partial charge on any atom is -0.299 e. The van der Waals surface area contributed by atoms with Gasteiger partial charge < -0.3 is 0 Å². The lowest BCUT2D eigenvalue weighted by Crippen LogP contribution is -2.35. The summed E-state index contributed by atoms with van der Waals surface area (Å²) >= 11 is 0. The lowest BCUT2D eigenvalue weighted by Gasteiger charge is -2.26. The highest BCUT2D eigenvalue weighted by Crippen LogP contribution is 2.48. The number of hydrogen-bond acceptors (Lipinski definition) is 2. The second kappa shape index (κ2) is 5.88. The third-order valence-corrected chi connectivity index (χ3v) is 6.63. The highest BCUT2D eigenvalue weighted by Gasteiger charge is 2.50. The minimum atomic E-state index is -1.09. The van der Waals surface area contributed by atoms with Crippen LogP contribution in [0.2, 0.25) is 0 Å². The second-order valence-corrected chi connectivity index (χ2v) is 7.88. The summed E-state index contributed by atoms with van der Waals surface area (Å²) in [5.41, 5.74) is 1.17. The number of carbonyl (C=O) groups excluding carboxylic acids is 1. The molecule has 1 fully saturated rings. The van der Waals surface area contributed by atoms with Crippen LogP contribution in [-0.4, -0.2) is 15.2 Å². The molecule has 0 heterocycles. The number of ketones is 1. The molecule has 0 aromatic heterocycles. The van der Waals surface area contributed by atoms with Gasteiger partial charge in [0.05, 0.1) is 16.0 Å². The fraction of sp³-hybridized carbons (Fsp3) is 0.500. The van der Waals surface area contributed by atoms with E-state index in [4.69, 9.17) is 0 Å². The fourth-order valence-electron chi connectivity index (χ4n) is 3.73. The van der Waals surface area contributed by atoms with E-state index in [1.807, 2.05) is 38.1 Å². The van der Waals surface area contributed by atoms with Crippen LogP contribution < -0.4 is 0 Å². The molecule has 5 atom stereocenters. The van der Waals surface area contributed by atoms with Gasteiger partial charge in [0.15, 0.2) is 0 Å². The van der Waals surface area contributed by atoms with Crippen LogP contribution in [0.15, 0.2) is 41.3 Å². The highest BCUT2D eigenvalue weighted by molar-refractivity contribution is 7.85. The Hall–Kier alpha value is -1.22. The Labute approximate surface area is 129 Å². The molecule has 1 aromatic carbocycles. The summed E-state index contributed by atoms with van der Waals surface area (Å²) < 4.78 is 13.0. The van der Waals surface area contributed by atoms with Crippen LogP contribution in [0.25, 0.3) is 0 Å². The summed E-state index contributed by atoms with van der Waals surface area (Å²) in [4.78, 5) is 13.3. The van der Waals surface area contributed by atoms with Crippen molar-refractivity contribution in [2.75, 3.05) is 0 Å². The zero-order valence-electron chi connectivity index (χ0n) is 12.6. The Balaban J connectivity index is 1.88. The monoisotopic (exact) mass is 302 g/mol. The van der Waals surface area contributed by atoms with E-state index in [0.29, 0.717) is 24.0 Å². The smallest absolute Gasteiger partial charge is 0.137 e. The first kappa shape index (κ1) is 14.7. The lowest BCUT2D eigenvalue weighted by atomic mass is 9.87. The molecule has 0 saturated heterocycles. The first-order valence-corrected chi connectivity index (χ1v) is 9.01. The Bertz CT molecular complexity index is 588. The molecule has 0 spiro atoms. The molecule has 3 rings (SSSR count). The van der Waals surface area contributed by atoms with Crippen LogP contribution in [0.4, 0.5) is 0 Å². The maximum atomic E-state index is 13.0. The van der Waals surface area contributed by atoms with Crippen molar-refractivity contribution in [2.45, 2.75) is 43.3 Å². The molecule has 3 heteroatoms. The first-order valence-electron chi connectivity index (χ1n) is 7.80. The van der Waals surface area contributed by atoms with Gasteiger partial charge in [-0.15, -0.1) is 0 Å². The Morgan fingerprint density at radius 3 is 2.52 bits per heavy atom. The number of aryl methyl sites for hydroxylation is 1. The molecular formula is C18H22O2S. The van der Waals surface area contributed by atoms with E-state index in [1.54, 1.807) is 0 Å². The predicted molar refractivity (Wildman–Crippen MR) is 85.5 cm³/mol. The molecule has 2 aliphatic carbocycles. The molecular weight excluding hydrogens is 280 g/mol. The Morgan fingerprint density at radius 2 is 1.86 bits per heavy atom. The molecule has 1 saturated carbocycles. The summed E-state index contributed by atoms with van der Waals surface area (Å²) in [6.45, 7) is 4.06. The molecule has 0 aliphatic heterocycles. The van der Waals surface area contributed by atoms with Gasteiger partial charge >= 0.3 is 0 Å². The van der Waals surface area contributed by atoms with Crippen molar-refractivity contribution >= 4 is 16.6 Å². The van der Waals surface area contributed by atoms with Gasteiger partial charge in [-0.25, -0.2) is 0 Å². The summed E-state index contributed by atoms with van der Waals surface area (Å²) in [6, 6.07) is 7.89. The van der Waals surface area contributed by atoms with Crippen LogP contribution in [-0.2, 0) is 15.6 Å².